The standard InChI is InChI=1S/C22H14ClF3N4O6/c1-28-18-17(19(33)30(21(28)34)11-16(31)32)29(10-12-5-7-13(23)8-6-12)20(27-18)35-14-3-2-4-15(9-14)36-22(24,25)26/h3,5-9H,10-11H2,1H3,(H,31,32). The van der Waals surface area contributed by atoms with Crippen LogP contribution in [0.3, 0.4) is 0 Å². The van der Waals surface area contributed by atoms with E-state index in [0.29, 0.717) is 15.2 Å². The van der Waals surface area contributed by atoms with E-state index in [1.807, 2.05) is 0 Å². The number of aliphatic carboxylic acids is 1. The van der Waals surface area contributed by atoms with Crippen molar-refractivity contribution in [2.24, 2.45) is 7.05 Å². The third-order valence-electron chi connectivity index (χ3n) is 4.86. The second-order valence-corrected chi connectivity index (χ2v) is 7.82. The molecule has 4 rings (SSSR count). The summed E-state index contributed by atoms with van der Waals surface area (Å²) in [5.41, 5.74) is 2.93. The Balaban J connectivity index is 1.87. The Bertz CT molecular complexity index is 1630. The van der Waals surface area contributed by atoms with Gasteiger partial charge in [0.1, 0.15) is 12.3 Å². The zero-order valence-electron chi connectivity index (χ0n) is 18.2. The number of carboxylic acids is 1. The second kappa shape index (κ2) is 9.31. The van der Waals surface area contributed by atoms with Crippen LogP contribution in [0.1, 0.15) is 5.56 Å². The van der Waals surface area contributed by atoms with Gasteiger partial charge in [-0.25, -0.2) is 9.36 Å². The molecule has 1 N–H and O–H groups in total. The topological polar surface area (TPSA) is 118 Å². The summed E-state index contributed by atoms with van der Waals surface area (Å²) in [5, 5.41) is 9.60. The van der Waals surface area contributed by atoms with E-state index in [9.17, 15) is 27.6 Å². The van der Waals surface area contributed by atoms with Gasteiger partial charge in [-0.1, -0.05) is 29.5 Å². The minimum Gasteiger partial charge on any atom is -0.480 e. The molecule has 0 amide bonds. The smallest absolute Gasteiger partial charge is 0.480 e. The van der Waals surface area contributed by atoms with Crippen LogP contribution in [-0.4, -0.2) is 36.1 Å². The Morgan fingerprint density at radius 1 is 1.19 bits per heavy atom. The number of hydrogen-bond donors (Lipinski definition) is 1. The van der Waals surface area contributed by atoms with Gasteiger partial charge in [0, 0.05) is 24.2 Å². The fourth-order valence-electron chi connectivity index (χ4n) is 3.35. The number of allylic oxidation sites excluding steroid dienone is 2. The van der Waals surface area contributed by atoms with Gasteiger partial charge in [0.15, 0.2) is 16.9 Å². The maximum absolute atomic E-state index is 13.2. The van der Waals surface area contributed by atoms with Gasteiger partial charge in [0.2, 0.25) is 0 Å². The van der Waals surface area contributed by atoms with E-state index in [-0.39, 0.29) is 29.5 Å². The van der Waals surface area contributed by atoms with E-state index in [4.69, 9.17) is 21.4 Å². The molecule has 14 heteroatoms. The van der Waals surface area contributed by atoms with Crippen LogP contribution < -0.4 is 16.0 Å². The highest BCUT2D eigenvalue weighted by Gasteiger charge is 2.32. The van der Waals surface area contributed by atoms with Crippen LogP contribution in [0.15, 0.2) is 69.0 Å². The van der Waals surface area contributed by atoms with Crippen molar-refractivity contribution in [3.8, 4) is 6.01 Å². The van der Waals surface area contributed by atoms with Gasteiger partial charge in [-0.15, -0.1) is 13.2 Å². The zero-order chi connectivity index (χ0) is 26.2. The van der Waals surface area contributed by atoms with Crippen molar-refractivity contribution in [2.75, 3.05) is 0 Å². The summed E-state index contributed by atoms with van der Waals surface area (Å²) in [5.74, 6) is -2.32. The van der Waals surface area contributed by atoms with Crippen molar-refractivity contribution in [1.29, 1.82) is 0 Å². The number of ether oxygens (including phenoxy) is 2. The monoisotopic (exact) mass is 522 g/mol. The molecule has 0 saturated carbocycles. The number of nitrogens with zero attached hydrogens (tertiary/aromatic N) is 4. The molecule has 2 aromatic heterocycles. The molecular formula is C22H14ClF3N4O6. The maximum Gasteiger partial charge on any atom is 0.573 e. The highest BCUT2D eigenvalue weighted by Crippen LogP contribution is 2.26. The summed E-state index contributed by atoms with van der Waals surface area (Å²) in [7, 11) is 1.28. The minimum atomic E-state index is -4.97. The average molecular weight is 523 g/mol. The van der Waals surface area contributed by atoms with Gasteiger partial charge in [-0.05, 0) is 23.4 Å². The fraction of sp³-hybridized carbons (Fsp3) is 0.182. The maximum atomic E-state index is 13.2. The summed E-state index contributed by atoms with van der Waals surface area (Å²) in [6.07, 6.45) is -2.92. The first kappa shape index (κ1) is 24.7. The molecular weight excluding hydrogens is 509 g/mol. The predicted octanol–water partition coefficient (Wildman–Crippen LogP) is 2.69. The van der Waals surface area contributed by atoms with Crippen LogP contribution in [0.4, 0.5) is 13.2 Å². The highest BCUT2D eigenvalue weighted by molar-refractivity contribution is 6.30. The Morgan fingerprint density at radius 2 is 1.89 bits per heavy atom. The van der Waals surface area contributed by atoms with Gasteiger partial charge in [-0.2, -0.15) is 4.98 Å². The van der Waals surface area contributed by atoms with Crippen molar-refractivity contribution >= 4 is 28.7 Å². The number of alkyl halides is 3. The lowest BCUT2D eigenvalue weighted by atomic mass is 10.2. The van der Waals surface area contributed by atoms with E-state index < -0.39 is 35.9 Å². The first-order valence-corrected chi connectivity index (χ1v) is 10.3. The predicted molar refractivity (Wildman–Crippen MR) is 118 cm³/mol. The summed E-state index contributed by atoms with van der Waals surface area (Å²) in [6, 6.07) is 6.22. The van der Waals surface area contributed by atoms with Crippen LogP contribution in [0.5, 0.6) is 6.01 Å². The number of carboxylic acid groups (broad SMARTS) is 1. The molecule has 0 aliphatic heterocycles. The summed E-state index contributed by atoms with van der Waals surface area (Å²) in [4.78, 5) is 41.2. The third-order valence-corrected chi connectivity index (χ3v) is 5.11. The van der Waals surface area contributed by atoms with Gasteiger partial charge in [0.05, 0.1) is 6.54 Å². The summed E-state index contributed by atoms with van der Waals surface area (Å²) >= 11 is 5.93. The van der Waals surface area contributed by atoms with Gasteiger partial charge >= 0.3 is 24.0 Å². The molecule has 0 bridgehead atoms. The SMILES string of the molecule is Cn1c(=O)n(CC(=O)O)c(=O)c2c1nc(OC1=CC(OC(F)(F)F)=C=C=C1)n2Cc1ccc(Cl)cc1. The lowest BCUT2D eigenvalue weighted by Crippen LogP contribution is -2.41. The van der Waals surface area contributed by atoms with Gasteiger partial charge < -0.3 is 14.6 Å². The number of carbonyl (C=O) groups is 1. The van der Waals surface area contributed by atoms with E-state index in [2.05, 4.69) is 21.2 Å². The van der Waals surface area contributed by atoms with Gasteiger partial charge in [-0.3, -0.25) is 18.7 Å². The number of fused-ring (bicyclic) bond motifs is 1. The van der Waals surface area contributed by atoms with E-state index >= 15 is 0 Å². The lowest BCUT2D eigenvalue weighted by molar-refractivity contribution is -0.303. The molecule has 1 aromatic carbocycles. The summed E-state index contributed by atoms with van der Waals surface area (Å²) < 4.78 is 50.0. The largest absolute Gasteiger partial charge is 0.573 e. The Kier molecular flexibility index (Phi) is 6.38. The highest BCUT2D eigenvalue weighted by atomic mass is 35.5. The second-order valence-electron chi connectivity index (χ2n) is 7.38. The molecule has 0 unspecified atom stereocenters. The normalized spacial score (nSPS) is 13.0. The van der Waals surface area contributed by atoms with Crippen molar-refractivity contribution in [3.05, 3.63) is 90.8 Å². The van der Waals surface area contributed by atoms with Crippen molar-refractivity contribution in [2.45, 2.75) is 19.5 Å². The van der Waals surface area contributed by atoms with Crippen LogP contribution in [0.2, 0.25) is 5.02 Å². The number of halogens is 4. The molecule has 0 atom stereocenters. The number of hydrogen-bond acceptors (Lipinski definition) is 6. The molecule has 10 nitrogen and oxygen atoms in total. The fourth-order valence-corrected chi connectivity index (χ4v) is 3.48. The van der Waals surface area contributed by atoms with Crippen molar-refractivity contribution in [3.63, 3.8) is 0 Å². The third kappa shape index (κ3) is 5.13. The van der Waals surface area contributed by atoms with E-state index in [1.54, 1.807) is 24.3 Å². The molecule has 186 valence electrons. The number of imidazole rings is 1. The molecule has 0 saturated heterocycles. The zero-order valence-corrected chi connectivity index (χ0v) is 18.9. The Hall–Kier alpha value is -4.44. The molecule has 2 heterocycles. The molecule has 0 fully saturated rings. The van der Waals surface area contributed by atoms with Crippen LogP contribution in [-0.2, 0) is 29.7 Å². The van der Waals surface area contributed by atoms with Crippen LogP contribution in [0, 0.1) is 0 Å². The number of benzene rings is 1. The first-order valence-electron chi connectivity index (χ1n) is 9.96. The molecule has 3 aromatic rings. The number of aromatic nitrogens is 4. The molecule has 1 aliphatic rings. The van der Waals surface area contributed by atoms with Crippen LogP contribution >= 0.6 is 11.6 Å². The quantitative estimate of drug-likeness (QED) is 0.474. The number of aryl methyl sites for hydroxylation is 1. The van der Waals surface area contributed by atoms with Gasteiger partial charge in [0.25, 0.3) is 5.56 Å². The van der Waals surface area contributed by atoms with Crippen molar-refractivity contribution in [1.82, 2.24) is 18.7 Å². The molecule has 0 spiro atoms. The average Bonchev–Trinajstić information content (AvgIpc) is 3.13. The van der Waals surface area contributed by atoms with Crippen molar-refractivity contribution < 1.29 is 32.5 Å². The first-order chi connectivity index (χ1) is 16.9. The molecule has 36 heavy (non-hydrogen) atoms. The Morgan fingerprint density at radius 3 is 2.53 bits per heavy atom. The van der Waals surface area contributed by atoms with Crippen LogP contribution in [0.25, 0.3) is 11.2 Å². The number of rotatable bonds is 7. The van der Waals surface area contributed by atoms with E-state index in [1.165, 1.54) is 11.6 Å². The minimum absolute atomic E-state index is 0.0436. The molecule has 1 aliphatic carbocycles. The van der Waals surface area contributed by atoms with E-state index in [0.717, 1.165) is 16.7 Å². The summed E-state index contributed by atoms with van der Waals surface area (Å²) in [6.45, 7) is -0.941. The Labute approximate surface area is 203 Å². The lowest BCUT2D eigenvalue weighted by Gasteiger charge is -2.12. The molecule has 0 radical (unpaired) electrons.